The Morgan fingerprint density at radius 3 is 2.55 bits per heavy atom. The van der Waals surface area contributed by atoms with E-state index < -0.39 is 4.92 Å². The first-order chi connectivity index (χ1) is 13.9. The number of nitro groups is 1. The van der Waals surface area contributed by atoms with E-state index in [1.54, 1.807) is 19.9 Å². The highest BCUT2D eigenvalue weighted by atomic mass is 16.7. The third-order valence-electron chi connectivity index (χ3n) is 5.00. The molecule has 1 aromatic carbocycles. The Balaban J connectivity index is 2.02. The zero-order chi connectivity index (χ0) is 20.9. The number of hydrogen-bond acceptors (Lipinski definition) is 8. The standard InChI is InChI=1S/C20H13N5O4/c1-9-12(3-11-4-16-17(29-8-28-16)5-15(11)25(26)27)18-10(2)14(7-22)20(23)24-19(18)13(9)6-21/h3-5H,8H2,1-2H3,(H2,23,24). The number of hydrogen-bond donors (Lipinski definition) is 1. The number of benzene rings is 1. The maximum atomic E-state index is 11.6. The van der Waals surface area contributed by atoms with Gasteiger partial charge in [0.25, 0.3) is 5.69 Å². The van der Waals surface area contributed by atoms with Crippen LogP contribution < -0.4 is 15.2 Å². The molecule has 9 nitrogen and oxygen atoms in total. The molecule has 0 bridgehead atoms. The van der Waals surface area contributed by atoms with Gasteiger partial charge in [0.2, 0.25) is 6.79 Å². The first kappa shape index (κ1) is 18.0. The average molecular weight is 387 g/mol. The van der Waals surface area contributed by atoms with Gasteiger partial charge in [-0.3, -0.25) is 10.1 Å². The van der Waals surface area contributed by atoms with E-state index in [0.717, 1.165) is 0 Å². The number of pyridine rings is 1. The van der Waals surface area contributed by atoms with Crippen LogP contribution in [0.3, 0.4) is 0 Å². The maximum Gasteiger partial charge on any atom is 0.280 e. The van der Waals surface area contributed by atoms with E-state index in [0.29, 0.717) is 45.0 Å². The SMILES string of the molecule is CC1=C(C#N)c2nc(N)c(C#N)c(C)c2C1=Cc1cc2c(cc1[N+](=O)[O-])OCO2. The number of fused-ring (bicyclic) bond motifs is 2. The van der Waals surface area contributed by atoms with Crippen LogP contribution >= 0.6 is 0 Å². The predicted molar refractivity (Wildman–Crippen MR) is 103 cm³/mol. The molecule has 9 heteroatoms. The molecule has 0 amide bonds. The first-order valence-electron chi connectivity index (χ1n) is 8.49. The number of anilines is 1. The van der Waals surface area contributed by atoms with Crippen LogP contribution in [0.4, 0.5) is 11.5 Å². The van der Waals surface area contributed by atoms with Gasteiger partial charge in [-0.05, 0) is 42.7 Å². The minimum Gasteiger partial charge on any atom is -0.454 e. The van der Waals surface area contributed by atoms with Crippen LogP contribution in [0.25, 0.3) is 17.2 Å². The lowest BCUT2D eigenvalue weighted by molar-refractivity contribution is -0.385. The summed E-state index contributed by atoms with van der Waals surface area (Å²) >= 11 is 0. The number of allylic oxidation sites excluding steroid dienone is 3. The van der Waals surface area contributed by atoms with Gasteiger partial charge in [-0.2, -0.15) is 10.5 Å². The van der Waals surface area contributed by atoms with Gasteiger partial charge in [-0.15, -0.1) is 0 Å². The molecule has 0 spiro atoms. The quantitative estimate of drug-likeness (QED) is 0.609. The van der Waals surface area contributed by atoms with Gasteiger partial charge < -0.3 is 15.2 Å². The fourth-order valence-corrected chi connectivity index (χ4v) is 3.57. The largest absolute Gasteiger partial charge is 0.454 e. The molecular formula is C20H13N5O4. The summed E-state index contributed by atoms with van der Waals surface area (Å²) in [6, 6.07) is 6.98. The average Bonchev–Trinajstić information content (AvgIpc) is 3.23. The second-order valence-corrected chi connectivity index (χ2v) is 6.52. The van der Waals surface area contributed by atoms with Gasteiger partial charge in [-0.25, -0.2) is 4.98 Å². The van der Waals surface area contributed by atoms with E-state index >= 15 is 0 Å². The Morgan fingerprint density at radius 1 is 1.24 bits per heavy atom. The van der Waals surface area contributed by atoms with Crippen LogP contribution in [0.15, 0.2) is 17.7 Å². The van der Waals surface area contributed by atoms with Crippen molar-refractivity contribution in [2.24, 2.45) is 0 Å². The Morgan fingerprint density at radius 2 is 1.93 bits per heavy atom. The van der Waals surface area contributed by atoms with Gasteiger partial charge in [-0.1, -0.05) is 0 Å². The Labute approximate surface area is 165 Å². The highest BCUT2D eigenvalue weighted by Crippen LogP contribution is 2.46. The normalized spacial score (nSPS) is 15.2. The summed E-state index contributed by atoms with van der Waals surface area (Å²) in [4.78, 5) is 15.3. The van der Waals surface area contributed by atoms with Crippen molar-refractivity contribution in [1.29, 1.82) is 10.5 Å². The molecule has 0 atom stereocenters. The molecule has 2 N–H and O–H groups in total. The van der Waals surface area contributed by atoms with Crippen LogP contribution in [0.1, 0.15) is 34.9 Å². The van der Waals surface area contributed by atoms with Crippen molar-refractivity contribution in [3.63, 3.8) is 0 Å². The first-order valence-corrected chi connectivity index (χ1v) is 8.49. The highest BCUT2D eigenvalue weighted by Gasteiger charge is 2.31. The lowest BCUT2D eigenvalue weighted by Crippen LogP contribution is -2.04. The number of aromatic nitrogens is 1. The van der Waals surface area contributed by atoms with Gasteiger partial charge in [0.15, 0.2) is 11.5 Å². The minimum atomic E-state index is -0.511. The smallest absolute Gasteiger partial charge is 0.280 e. The molecule has 0 fully saturated rings. The van der Waals surface area contributed by atoms with Gasteiger partial charge in [0, 0.05) is 5.56 Å². The van der Waals surface area contributed by atoms with Crippen molar-refractivity contribution in [2.75, 3.05) is 12.5 Å². The number of ether oxygens (including phenoxy) is 2. The molecule has 4 rings (SSSR count). The molecule has 2 heterocycles. The van der Waals surface area contributed by atoms with E-state index in [2.05, 4.69) is 11.1 Å². The third-order valence-corrected chi connectivity index (χ3v) is 5.00. The van der Waals surface area contributed by atoms with Gasteiger partial charge in [0.05, 0.1) is 33.4 Å². The molecule has 0 saturated heterocycles. The highest BCUT2D eigenvalue weighted by molar-refractivity contribution is 6.09. The second kappa shape index (κ2) is 6.36. The Kier molecular flexibility index (Phi) is 3.95. The predicted octanol–water partition coefficient (Wildman–Crippen LogP) is 3.33. The molecule has 1 aliphatic carbocycles. The lowest BCUT2D eigenvalue weighted by atomic mass is 9.95. The summed E-state index contributed by atoms with van der Waals surface area (Å²) < 4.78 is 10.6. The van der Waals surface area contributed by atoms with Crippen molar-refractivity contribution in [1.82, 2.24) is 4.98 Å². The molecular weight excluding hydrogens is 374 g/mol. The molecule has 1 aliphatic heterocycles. The van der Waals surface area contributed by atoms with Crippen LogP contribution in [-0.4, -0.2) is 16.7 Å². The summed E-state index contributed by atoms with van der Waals surface area (Å²) in [7, 11) is 0. The number of nitrogens with zero attached hydrogens (tertiary/aromatic N) is 4. The van der Waals surface area contributed by atoms with E-state index in [1.165, 1.54) is 12.1 Å². The van der Waals surface area contributed by atoms with Crippen molar-refractivity contribution in [3.8, 4) is 23.6 Å². The third kappa shape index (κ3) is 2.57. The molecule has 142 valence electrons. The molecule has 0 radical (unpaired) electrons. The zero-order valence-corrected chi connectivity index (χ0v) is 15.4. The summed E-state index contributed by atoms with van der Waals surface area (Å²) in [5.41, 5.74) is 9.20. The lowest BCUT2D eigenvalue weighted by Gasteiger charge is -2.11. The van der Waals surface area contributed by atoms with E-state index in [1.807, 2.05) is 6.07 Å². The molecule has 0 saturated carbocycles. The molecule has 1 aromatic heterocycles. The Hall–Kier alpha value is -4.37. The molecule has 2 aliphatic rings. The van der Waals surface area contributed by atoms with E-state index in [9.17, 15) is 20.6 Å². The van der Waals surface area contributed by atoms with E-state index in [-0.39, 0.29) is 29.4 Å². The molecule has 29 heavy (non-hydrogen) atoms. The topological polar surface area (TPSA) is 148 Å². The van der Waals surface area contributed by atoms with Crippen molar-refractivity contribution in [3.05, 3.63) is 55.8 Å². The second-order valence-electron chi connectivity index (χ2n) is 6.52. The number of rotatable bonds is 2. The number of nitriles is 2. The van der Waals surface area contributed by atoms with Crippen molar-refractivity contribution < 1.29 is 14.4 Å². The van der Waals surface area contributed by atoms with Crippen LogP contribution in [0.2, 0.25) is 0 Å². The van der Waals surface area contributed by atoms with Gasteiger partial charge in [0.1, 0.15) is 18.0 Å². The van der Waals surface area contributed by atoms with Crippen molar-refractivity contribution >= 4 is 28.7 Å². The fraction of sp³-hybridized carbons (Fsp3) is 0.150. The van der Waals surface area contributed by atoms with Crippen LogP contribution in [-0.2, 0) is 0 Å². The maximum absolute atomic E-state index is 11.6. The summed E-state index contributed by atoms with van der Waals surface area (Å²) in [6.45, 7) is 3.43. The monoisotopic (exact) mass is 387 g/mol. The molecule has 0 unspecified atom stereocenters. The van der Waals surface area contributed by atoms with E-state index in [4.69, 9.17) is 15.2 Å². The van der Waals surface area contributed by atoms with Gasteiger partial charge >= 0.3 is 0 Å². The number of nitrogen functional groups attached to an aromatic ring is 1. The minimum absolute atomic E-state index is 0.0132. The summed E-state index contributed by atoms with van der Waals surface area (Å²) in [6.07, 6.45) is 1.60. The Bertz CT molecular complexity index is 1260. The number of nitro benzene ring substituents is 1. The van der Waals surface area contributed by atoms with Crippen molar-refractivity contribution in [2.45, 2.75) is 13.8 Å². The number of nitrogens with two attached hydrogens (primary N) is 1. The molecule has 2 aromatic rings. The summed E-state index contributed by atoms with van der Waals surface area (Å²) in [5, 5.41) is 30.6. The van der Waals surface area contributed by atoms with Crippen LogP contribution in [0.5, 0.6) is 11.5 Å². The van der Waals surface area contributed by atoms with Crippen LogP contribution in [0, 0.1) is 39.7 Å². The summed E-state index contributed by atoms with van der Waals surface area (Å²) in [5.74, 6) is 0.736. The fourth-order valence-electron chi connectivity index (χ4n) is 3.57. The zero-order valence-electron chi connectivity index (χ0n) is 15.4.